The van der Waals surface area contributed by atoms with Crippen LogP contribution in [0, 0.1) is 11.9 Å². The molecular formula is C10H11FN2O. The molecule has 1 N–H and O–H groups in total. The molecule has 3 nitrogen and oxygen atoms in total. The second-order valence-corrected chi connectivity index (χ2v) is 3.49. The second kappa shape index (κ2) is 3.74. The molecule has 1 heterocycles. The fourth-order valence-electron chi connectivity index (χ4n) is 1.36. The van der Waals surface area contributed by atoms with Crippen molar-refractivity contribution in [3.05, 3.63) is 24.3 Å². The summed E-state index contributed by atoms with van der Waals surface area (Å²) < 4.78 is 12.4. The zero-order valence-electron chi connectivity index (χ0n) is 7.66. The van der Waals surface area contributed by atoms with Gasteiger partial charge in [-0.25, -0.2) is 4.98 Å². The number of nitrogens with zero attached hydrogens (tertiary/aromatic N) is 1. The quantitative estimate of drug-likeness (QED) is 0.731. The zero-order valence-corrected chi connectivity index (χ0v) is 7.66. The molecule has 0 unspecified atom stereocenters. The highest BCUT2D eigenvalue weighted by molar-refractivity contribution is 5.92. The molecule has 0 saturated heterocycles. The first-order chi connectivity index (χ1) is 6.75. The molecule has 0 aromatic carbocycles. The highest BCUT2D eigenvalue weighted by Gasteiger charge is 2.24. The summed E-state index contributed by atoms with van der Waals surface area (Å²) in [5, 5.41) is 2.70. The molecule has 0 bridgehead atoms. The van der Waals surface area contributed by atoms with Crippen molar-refractivity contribution < 1.29 is 9.18 Å². The number of amides is 1. The van der Waals surface area contributed by atoms with Crippen LogP contribution in [0.2, 0.25) is 0 Å². The Balaban J connectivity index is 1.96. The predicted octanol–water partition coefficient (Wildman–Crippen LogP) is 1.96. The summed E-state index contributed by atoms with van der Waals surface area (Å²) in [6.07, 6.45) is 4.37. The van der Waals surface area contributed by atoms with E-state index < -0.39 is 5.95 Å². The number of halogens is 1. The largest absolute Gasteiger partial charge is 0.324 e. The van der Waals surface area contributed by atoms with E-state index in [0.29, 0.717) is 5.69 Å². The molecule has 1 aliphatic carbocycles. The van der Waals surface area contributed by atoms with Crippen LogP contribution in [-0.4, -0.2) is 10.9 Å². The molecule has 1 aromatic heterocycles. The summed E-state index contributed by atoms with van der Waals surface area (Å²) in [6.45, 7) is 0. The lowest BCUT2D eigenvalue weighted by atomic mass is 9.85. The van der Waals surface area contributed by atoms with Crippen molar-refractivity contribution in [3.8, 4) is 0 Å². The minimum atomic E-state index is -0.536. The standard InChI is InChI=1S/C10H11FN2O/c11-9-5-4-8(6-12-9)13-10(14)7-2-1-3-7/h4-7H,1-3H2,(H,13,14). The summed E-state index contributed by atoms with van der Waals surface area (Å²) in [5.74, 6) is -0.378. The lowest BCUT2D eigenvalue weighted by molar-refractivity contribution is -0.122. The van der Waals surface area contributed by atoms with Gasteiger partial charge in [0.15, 0.2) is 0 Å². The van der Waals surface area contributed by atoms with Gasteiger partial charge in [-0.15, -0.1) is 0 Å². The van der Waals surface area contributed by atoms with Crippen LogP contribution in [0.3, 0.4) is 0 Å². The number of aromatic nitrogens is 1. The molecule has 74 valence electrons. The van der Waals surface area contributed by atoms with Crippen LogP contribution in [0.15, 0.2) is 18.3 Å². The molecule has 4 heteroatoms. The number of nitrogens with one attached hydrogen (secondary N) is 1. The van der Waals surface area contributed by atoms with Crippen molar-refractivity contribution in [2.45, 2.75) is 19.3 Å². The molecule has 1 amide bonds. The van der Waals surface area contributed by atoms with Gasteiger partial charge in [0.2, 0.25) is 11.9 Å². The number of anilines is 1. The summed E-state index contributed by atoms with van der Waals surface area (Å²) in [5.41, 5.74) is 0.559. The molecular weight excluding hydrogens is 183 g/mol. The number of carbonyl (C=O) groups excluding carboxylic acids is 1. The molecule has 1 aliphatic rings. The number of rotatable bonds is 2. The maximum Gasteiger partial charge on any atom is 0.227 e. The Morgan fingerprint density at radius 2 is 2.29 bits per heavy atom. The van der Waals surface area contributed by atoms with Crippen molar-refractivity contribution in [3.63, 3.8) is 0 Å². The van der Waals surface area contributed by atoms with E-state index in [4.69, 9.17) is 0 Å². The Bertz CT molecular complexity index is 332. The number of carbonyl (C=O) groups is 1. The van der Waals surface area contributed by atoms with E-state index in [-0.39, 0.29) is 11.8 Å². The van der Waals surface area contributed by atoms with Crippen LogP contribution in [0.25, 0.3) is 0 Å². The highest BCUT2D eigenvalue weighted by atomic mass is 19.1. The first-order valence-corrected chi connectivity index (χ1v) is 4.68. The minimum absolute atomic E-state index is 0.0182. The van der Waals surface area contributed by atoms with Crippen LogP contribution in [-0.2, 0) is 4.79 Å². The fourth-order valence-corrected chi connectivity index (χ4v) is 1.36. The Kier molecular flexibility index (Phi) is 2.43. The number of hydrogen-bond donors (Lipinski definition) is 1. The van der Waals surface area contributed by atoms with E-state index in [2.05, 4.69) is 10.3 Å². The zero-order chi connectivity index (χ0) is 9.97. The van der Waals surface area contributed by atoms with E-state index in [1.165, 1.54) is 18.3 Å². The van der Waals surface area contributed by atoms with Gasteiger partial charge in [-0.05, 0) is 25.0 Å². The minimum Gasteiger partial charge on any atom is -0.324 e. The van der Waals surface area contributed by atoms with Crippen LogP contribution < -0.4 is 5.32 Å². The summed E-state index contributed by atoms with van der Waals surface area (Å²) in [4.78, 5) is 14.9. The van der Waals surface area contributed by atoms with Crippen molar-refractivity contribution in [2.24, 2.45) is 5.92 Å². The Hall–Kier alpha value is -1.45. The van der Waals surface area contributed by atoms with Crippen LogP contribution in [0.5, 0.6) is 0 Å². The normalized spacial score (nSPS) is 16.1. The monoisotopic (exact) mass is 194 g/mol. The van der Waals surface area contributed by atoms with Gasteiger partial charge in [0.05, 0.1) is 11.9 Å². The number of hydrogen-bond acceptors (Lipinski definition) is 2. The van der Waals surface area contributed by atoms with Gasteiger partial charge in [-0.3, -0.25) is 4.79 Å². The van der Waals surface area contributed by atoms with Crippen molar-refractivity contribution >= 4 is 11.6 Å². The van der Waals surface area contributed by atoms with E-state index in [9.17, 15) is 9.18 Å². The third-order valence-corrected chi connectivity index (χ3v) is 2.47. The van der Waals surface area contributed by atoms with Gasteiger partial charge in [0, 0.05) is 5.92 Å². The van der Waals surface area contributed by atoms with Gasteiger partial charge in [-0.2, -0.15) is 4.39 Å². The molecule has 14 heavy (non-hydrogen) atoms. The Morgan fingerprint density at radius 1 is 1.50 bits per heavy atom. The van der Waals surface area contributed by atoms with Crippen molar-refractivity contribution in [1.29, 1.82) is 0 Å². The molecule has 0 radical (unpaired) electrons. The van der Waals surface area contributed by atoms with Gasteiger partial charge >= 0.3 is 0 Å². The van der Waals surface area contributed by atoms with E-state index in [1.54, 1.807) is 0 Å². The third-order valence-electron chi connectivity index (χ3n) is 2.47. The van der Waals surface area contributed by atoms with Crippen LogP contribution in [0.4, 0.5) is 10.1 Å². The summed E-state index contributed by atoms with van der Waals surface area (Å²) in [6, 6.07) is 2.75. The average molecular weight is 194 g/mol. The SMILES string of the molecule is O=C(Nc1ccc(F)nc1)C1CCC1. The Labute approximate surface area is 81.3 Å². The van der Waals surface area contributed by atoms with Crippen LogP contribution >= 0.6 is 0 Å². The fraction of sp³-hybridized carbons (Fsp3) is 0.400. The maximum absolute atomic E-state index is 12.4. The molecule has 1 saturated carbocycles. The molecule has 1 fully saturated rings. The molecule has 0 aliphatic heterocycles. The summed E-state index contributed by atoms with van der Waals surface area (Å²) >= 11 is 0. The highest BCUT2D eigenvalue weighted by Crippen LogP contribution is 2.27. The maximum atomic E-state index is 12.4. The lowest BCUT2D eigenvalue weighted by Crippen LogP contribution is -2.28. The smallest absolute Gasteiger partial charge is 0.227 e. The molecule has 0 atom stereocenters. The van der Waals surface area contributed by atoms with Gasteiger partial charge in [0.25, 0.3) is 0 Å². The van der Waals surface area contributed by atoms with Gasteiger partial charge < -0.3 is 5.32 Å². The average Bonchev–Trinajstić information content (AvgIpc) is 2.06. The first kappa shape index (κ1) is 9.12. The predicted molar refractivity (Wildman–Crippen MR) is 50.2 cm³/mol. The van der Waals surface area contributed by atoms with E-state index in [1.807, 2.05) is 0 Å². The molecule has 1 aromatic rings. The van der Waals surface area contributed by atoms with E-state index >= 15 is 0 Å². The van der Waals surface area contributed by atoms with Crippen molar-refractivity contribution in [2.75, 3.05) is 5.32 Å². The van der Waals surface area contributed by atoms with E-state index in [0.717, 1.165) is 19.3 Å². The van der Waals surface area contributed by atoms with Crippen LogP contribution in [0.1, 0.15) is 19.3 Å². The topological polar surface area (TPSA) is 42.0 Å². The second-order valence-electron chi connectivity index (χ2n) is 3.49. The van der Waals surface area contributed by atoms with Gasteiger partial charge in [-0.1, -0.05) is 6.42 Å². The summed E-state index contributed by atoms with van der Waals surface area (Å²) in [7, 11) is 0. The molecule has 0 spiro atoms. The van der Waals surface area contributed by atoms with Gasteiger partial charge in [0.1, 0.15) is 0 Å². The number of pyridine rings is 1. The third kappa shape index (κ3) is 1.89. The first-order valence-electron chi connectivity index (χ1n) is 4.68. The van der Waals surface area contributed by atoms with Crippen molar-refractivity contribution in [1.82, 2.24) is 4.98 Å². The lowest BCUT2D eigenvalue weighted by Gasteiger charge is -2.23. The molecule has 2 rings (SSSR count). The Morgan fingerprint density at radius 3 is 2.79 bits per heavy atom.